The number of urea groups is 1. The number of carbonyl (C=O) groups is 2. The summed E-state index contributed by atoms with van der Waals surface area (Å²) in [5, 5.41) is 15.0. The van der Waals surface area contributed by atoms with Gasteiger partial charge in [0.15, 0.2) is 11.1 Å². The zero-order chi connectivity index (χ0) is 17.2. The number of nitrogens with one attached hydrogen (secondary N) is 1. The predicted molar refractivity (Wildman–Crippen MR) is 78.3 cm³/mol. The number of aliphatic hydroxyl groups is 1. The summed E-state index contributed by atoms with van der Waals surface area (Å²) >= 11 is 6.26. The summed E-state index contributed by atoms with van der Waals surface area (Å²) in [7, 11) is 0. The predicted octanol–water partition coefficient (Wildman–Crippen LogP) is 0.685. The van der Waals surface area contributed by atoms with Crippen molar-refractivity contribution in [1.82, 2.24) is 10.2 Å². The van der Waals surface area contributed by atoms with Crippen LogP contribution in [0.2, 0.25) is 0 Å². The quantitative estimate of drug-likeness (QED) is 0.326. The van der Waals surface area contributed by atoms with Crippen LogP contribution in [0.3, 0.4) is 0 Å². The minimum Gasteiger partial charge on any atom is -0.394 e. The van der Waals surface area contributed by atoms with Crippen molar-refractivity contribution in [3.05, 3.63) is 10.4 Å². The number of hydrogen-bond donors (Lipinski definition) is 2. The van der Waals surface area contributed by atoms with Crippen LogP contribution < -0.4 is 5.32 Å². The van der Waals surface area contributed by atoms with E-state index in [0.29, 0.717) is 0 Å². The molecule has 0 radical (unpaired) electrons. The van der Waals surface area contributed by atoms with Gasteiger partial charge in [-0.15, -0.1) is 11.6 Å². The highest BCUT2D eigenvalue weighted by Gasteiger charge is 2.54. The van der Waals surface area contributed by atoms with E-state index in [2.05, 4.69) is 15.3 Å². The van der Waals surface area contributed by atoms with E-state index in [9.17, 15) is 14.7 Å². The number of nitrogens with zero attached hydrogens (tertiary/aromatic N) is 4. The van der Waals surface area contributed by atoms with Gasteiger partial charge < -0.3 is 14.6 Å². The summed E-state index contributed by atoms with van der Waals surface area (Å²) in [6.45, 7) is 3.00. The van der Waals surface area contributed by atoms with Crippen molar-refractivity contribution >= 4 is 23.5 Å². The molecule has 3 unspecified atom stereocenters. The minimum absolute atomic E-state index is 0.160. The molecule has 2 aliphatic rings. The van der Waals surface area contributed by atoms with Gasteiger partial charge in [0.1, 0.15) is 6.23 Å². The molecule has 5 atom stereocenters. The number of amides is 3. The molecule has 0 bridgehead atoms. The lowest BCUT2D eigenvalue weighted by Gasteiger charge is -2.44. The number of ether oxygens (including phenoxy) is 2. The molecule has 3 amide bonds. The summed E-state index contributed by atoms with van der Waals surface area (Å²) in [5.41, 5.74) is 8.58. The summed E-state index contributed by atoms with van der Waals surface area (Å²) < 4.78 is 11.1. The Hall–Kier alpha value is -1.58. The van der Waals surface area contributed by atoms with Crippen LogP contribution in [0.15, 0.2) is 5.11 Å². The number of carbonyl (C=O) groups excluding carboxylic acids is 2. The number of hydrogen-bond acceptors (Lipinski definition) is 6. The van der Waals surface area contributed by atoms with E-state index in [0.717, 1.165) is 0 Å². The molecular weight excluding hydrogens is 330 g/mol. The Morgan fingerprint density at radius 2 is 2.35 bits per heavy atom. The smallest absolute Gasteiger partial charge is 0.328 e. The third-order valence-electron chi connectivity index (χ3n) is 3.83. The second-order valence-corrected chi connectivity index (χ2v) is 6.15. The molecule has 2 saturated heterocycles. The lowest BCUT2D eigenvalue weighted by Crippen LogP contribution is -2.69. The summed E-state index contributed by atoms with van der Waals surface area (Å²) in [6, 6.07) is -1.35. The van der Waals surface area contributed by atoms with Crippen LogP contribution in [0.4, 0.5) is 4.79 Å². The van der Waals surface area contributed by atoms with E-state index < -0.39 is 41.4 Å². The maximum Gasteiger partial charge on any atom is 0.328 e. The van der Waals surface area contributed by atoms with Gasteiger partial charge in [0.05, 0.1) is 18.8 Å². The van der Waals surface area contributed by atoms with E-state index in [-0.39, 0.29) is 19.6 Å². The van der Waals surface area contributed by atoms with Gasteiger partial charge in [0, 0.05) is 17.9 Å². The van der Waals surface area contributed by atoms with Gasteiger partial charge in [-0.2, -0.15) is 0 Å². The number of rotatable bonds is 5. The monoisotopic (exact) mass is 347 g/mol. The third kappa shape index (κ3) is 3.22. The number of imide groups is 1. The fourth-order valence-electron chi connectivity index (χ4n) is 2.68. The molecule has 128 valence electrons. The molecule has 2 rings (SSSR count). The van der Waals surface area contributed by atoms with Gasteiger partial charge in [0.2, 0.25) is 0 Å². The van der Waals surface area contributed by atoms with Crippen molar-refractivity contribution in [2.24, 2.45) is 5.11 Å². The fraction of sp³-hybridized carbons (Fsp3) is 0.833. The largest absolute Gasteiger partial charge is 0.394 e. The first kappa shape index (κ1) is 17.8. The zero-order valence-electron chi connectivity index (χ0n) is 12.7. The van der Waals surface area contributed by atoms with E-state index >= 15 is 0 Å². The molecule has 11 heteroatoms. The second kappa shape index (κ2) is 6.90. The van der Waals surface area contributed by atoms with Crippen molar-refractivity contribution in [2.75, 3.05) is 13.2 Å². The van der Waals surface area contributed by atoms with Crippen LogP contribution in [0.5, 0.6) is 0 Å². The van der Waals surface area contributed by atoms with Crippen LogP contribution in [0, 0.1) is 0 Å². The number of aliphatic hydroxyl groups excluding tert-OH is 1. The standard InChI is InChI=1S/C12H18ClN5O5/c1-3-22-10-12(2,13)9(20)15-11(21)18(10)8-4-6(16-17-14)7(5-19)23-8/h6-8,10,19H,3-5H2,1-2H3,(H,15,20,21)/t6?,7?,8?,10-,12-/m0/s1. The van der Waals surface area contributed by atoms with Crippen molar-refractivity contribution < 1.29 is 24.2 Å². The first-order chi connectivity index (χ1) is 10.9. The molecule has 10 nitrogen and oxygen atoms in total. The molecule has 2 fully saturated rings. The molecule has 23 heavy (non-hydrogen) atoms. The Balaban J connectivity index is 2.29. The van der Waals surface area contributed by atoms with E-state index in [1.165, 1.54) is 11.8 Å². The Morgan fingerprint density at radius 1 is 1.65 bits per heavy atom. The van der Waals surface area contributed by atoms with Crippen molar-refractivity contribution in [3.63, 3.8) is 0 Å². The molecule has 2 heterocycles. The van der Waals surface area contributed by atoms with Gasteiger partial charge in [-0.1, -0.05) is 5.11 Å². The molecular formula is C12H18ClN5O5. The SMILES string of the molecule is CCO[C@@H]1N(C2CC(N=[N+]=[N-])C(CO)O2)C(=O)NC(=O)[C@]1(C)Cl. The van der Waals surface area contributed by atoms with Gasteiger partial charge >= 0.3 is 6.03 Å². The molecule has 2 aliphatic heterocycles. The van der Waals surface area contributed by atoms with Gasteiger partial charge in [-0.25, -0.2) is 4.79 Å². The van der Waals surface area contributed by atoms with E-state index in [1.54, 1.807) is 6.92 Å². The Labute approximate surface area is 137 Å². The second-order valence-electron chi connectivity index (χ2n) is 5.37. The van der Waals surface area contributed by atoms with Crippen LogP contribution in [0.1, 0.15) is 20.3 Å². The summed E-state index contributed by atoms with van der Waals surface area (Å²) in [5.74, 6) is -0.665. The third-order valence-corrected chi connectivity index (χ3v) is 4.19. The lowest BCUT2D eigenvalue weighted by molar-refractivity contribution is -0.160. The highest BCUT2D eigenvalue weighted by molar-refractivity contribution is 6.36. The summed E-state index contributed by atoms with van der Waals surface area (Å²) in [6.07, 6.45) is -2.48. The van der Waals surface area contributed by atoms with Gasteiger partial charge in [-0.05, 0) is 19.4 Å². The van der Waals surface area contributed by atoms with E-state index in [4.69, 9.17) is 26.6 Å². The van der Waals surface area contributed by atoms with Gasteiger partial charge in [-0.3, -0.25) is 15.0 Å². The first-order valence-electron chi connectivity index (χ1n) is 7.11. The average molecular weight is 348 g/mol. The Kier molecular flexibility index (Phi) is 5.33. The van der Waals surface area contributed by atoms with Crippen LogP contribution in [-0.4, -0.2) is 64.6 Å². The van der Waals surface area contributed by atoms with Crippen LogP contribution in [-0.2, 0) is 14.3 Å². The topological polar surface area (TPSA) is 137 Å². The molecule has 0 spiro atoms. The molecule has 2 N–H and O–H groups in total. The van der Waals surface area contributed by atoms with Crippen LogP contribution >= 0.6 is 11.6 Å². The highest BCUT2D eigenvalue weighted by Crippen LogP contribution is 2.35. The fourth-order valence-corrected chi connectivity index (χ4v) is 2.89. The molecule has 0 aromatic rings. The first-order valence-corrected chi connectivity index (χ1v) is 7.49. The molecule has 0 aromatic carbocycles. The van der Waals surface area contributed by atoms with Crippen molar-refractivity contribution in [3.8, 4) is 0 Å². The Morgan fingerprint density at radius 3 is 2.91 bits per heavy atom. The molecule has 0 aromatic heterocycles. The van der Waals surface area contributed by atoms with E-state index in [1.807, 2.05) is 0 Å². The number of azide groups is 1. The molecule has 0 saturated carbocycles. The maximum atomic E-state index is 12.2. The summed E-state index contributed by atoms with van der Waals surface area (Å²) in [4.78, 5) is 26.6. The Bertz CT molecular complexity index is 538. The van der Waals surface area contributed by atoms with Crippen LogP contribution in [0.25, 0.3) is 10.4 Å². The number of alkyl halides is 1. The van der Waals surface area contributed by atoms with Crippen molar-refractivity contribution in [2.45, 2.75) is 49.7 Å². The van der Waals surface area contributed by atoms with Gasteiger partial charge in [0.25, 0.3) is 5.91 Å². The zero-order valence-corrected chi connectivity index (χ0v) is 13.4. The lowest BCUT2D eigenvalue weighted by atomic mass is 10.0. The minimum atomic E-state index is -1.50. The maximum absolute atomic E-state index is 12.2. The number of halogens is 1. The molecule has 0 aliphatic carbocycles. The van der Waals surface area contributed by atoms with Crippen molar-refractivity contribution in [1.29, 1.82) is 0 Å². The highest BCUT2D eigenvalue weighted by atomic mass is 35.5. The normalized spacial score (nSPS) is 37.5. The average Bonchev–Trinajstić information content (AvgIpc) is 2.88.